The van der Waals surface area contributed by atoms with Gasteiger partial charge in [-0.3, -0.25) is 4.68 Å². The highest BCUT2D eigenvalue weighted by molar-refractivity contribution is 5.00. The van der Waals surface area contributed by atoms with E-state index in [0.29, 0.717) is 6.42 Å². The first-order valence-corrected chi connectivity index (χ1v) is 6.32. The van der Waals surface area contributed by atoms with Crippen LogP contribution in [0.4, 0.5) is 0 Å². The molecule has 1 fully saturated rings. The van der Waals surface area contributed by atoms with E-state index in [-0.39, 0.29) is 5.60 Å². The number of aliphatic hydroxyl groups is 1. The Balaban J connectivity index is 2.02. The van der Waals surface area contributed by atoms with Crippen molar-refractivity contribution in [3.63, 3.8) is 0 Å². The van der Waals surface area contributed by atoms with Gasteiger partial charge in [-0.2, -0.15) is 5.10 Å². The molecule has 0 aromatic carbocycles. The van der Waals surface area contributed by atoms with E-state index in [4.69, 9.17) is 4.74 Å². The third kappa shape index (κ3) is 2.35. The van der Waals surface area contributed by atoms with Gasteiger partial charge in [-0.25, -0.2) is 4.98 Å². The number of aryl methyl sites for hydroxylation is 1. The van der Waals surface area contributed by atoms with Crippen LogP contribution in [0.1, 0.15) is 38.4 Å². The summed E-state index contributed by atoms with van der Waals surface area (Å²) >= 11 is 0. The van der Waals surface area contributed by atoms with Crippen molar-refractivity contribution in [2.24, 2.45) is 0 Å². The smallest absolute Gasteiger partial charge is 0.138 e. The molecule has 1 aromatic heterocycles. The van der Waals surface area contributed by atoms with Crippen molar-refractivity contribution in [2.75, 3.05) is 7.11 Å². The van der Waals surface area contributed by atoms with Crippen molar-refractivity contribution in [3.05, 3.63) is 12.2 Å². The Morgan fingerprint density at radius 2 is 2.35 bits per heavy atom. The van der Waals surface area contributed by atoms with Crippen LogP contribution in [0.3, 0.4) is 0 Å². The molecule has 2 rings (SSSR count). The molecule has 0 aliphatic heterocycles. The minimum absolute atomic E-state index is 0.344. The third-order valence-corrected chi connectivity index (χ3v) is 3.72. The number of ether oxygens (including phenoxy) is 1. The lowest BCUT2D eigenvalue weighted by Gasteiger charge is -2.44. The number of rotatable bonds is 6. The summed E-state index contributed by atoms with van der Waals surface area (Å²) < 4.78 is 7.34. The van der Waals surface area contributed by atoms with E-state index in [0.717, 1.165) is 38.1 Å². The Hall–Kier alpha value is -0.940. The monoisotopic (exact) mass is 239 g/mol. The number of aromatic nitrogens is 3. The Labute approximate surface area is 102 Å². The second kappa shape index (κ2) is 5.14. The van der Waals surface area contributed by atoms with Crippen molar-refractivity contribution < 1.29 is 9.84 Å². The van der Waals surface area contributed by atoms with Gasteiger partial charge >= 0.3 is 0 Å². The van der Waals surface area contributed by atoms with Crippen LogP contribution < -0.4 is 0 Å². The second-order valence-electron chi connectivity index (χ2n) is 4.74. The predicted molar refractivity (Wildman–Crippen MR) is 63.6 cm³/mol. The van der Waals surface area contributed by atoms with Gasteiger partial charge in [0.15, 0.2) is 0 Å². The zero-order valence-electron chi connectivity index (χ0n) is 10.6. The van der Waals surface area contributed by atoms with Crippen LogP contribution in [0.25, 0.3) is 0 Å². The maximum absolute atomic E-state index is 10.3. The zero-order chi connectivity index (χ0) is 12.3. The Bertz CT molecular complexity index is 355. The molecular weight excluding hydrogens is 218 g/mol. The fourth-order valence-corrected chi connectivity index (χ4v) is 2.40. The summed E-state index contributed by atoms with van der Waals surface area (Å²) in [6.45, 7) is 2.95. The molecule has 0 bridgehead atoms. The number of hydrogen-bond acceptors (Lipinski definition) is 4. The molecule has 1 saturated carbocycles. The maximum Gasteiger partial charge on any atom is 0.138 e. The summed E-state index contributed by atoms with van der Waals surface area (Å²) in [5.41, 5.74) is -0.344. The summed E-state index contributed by atoms with van der Waals surface area (Å²) in [4.78, 5) is 4.22. The third-order valence-electron chi connectivity index (χ3n) is 3.72. The van der Waals surface area contributed by atoms with Crippen LogP contribution in [0.2, 0.25) is 0 Å². The lowest BCUT2D eigenvalue weighted by atomic mass is 9.74. The van der Waals surface area contributed by atoms with Crippen molar-refractivity contribution >= 4 is 0 Å². The molecular formula is C12H21N3O2. The summed E-state index contributed by atoms with van der Waals surface area (Å²) in [6.07, 6.45) is 5.61. The quantitative estimate of drug-likeness (QED) is 0.809. The van der Waals surface area contributed by atoms with Gasteiger partial charge in [0.25, 0.3) is 0 Å². The van der Waals surface area contributed by atoms with Crippen molar-refractivity contribution in [3.8, 4) is 0 Å². The fourth-order valence-electron chi connectivity index (χ4n) is 2.40. The fraction of sp³-hybridized carbons (Fsp3) is 0.833. The molecule has 5 heteroatoms. The van der Waals surface area contributed by atoms with Gasteiger partial charge in [0, 0.05) is 20.1 Å². The number of hydrogen-bond donors (Lipinski definition) is 1. The Morgan fingerprint density at radius 3 is 2.88 bits per heavy atom. The van der Waals surface area contributed by atoms with Gasteiger partial charge in [-0.1, -0.05) is 6.92 Å². The van der Waals surface area contributed by atoms with E-state index in [2.05, 4.69) is 17.0 Å². The molecule has 1 aromatic rings. The molecule has 1 aliphatic rings. The number of nitrogens with zero attached hydrogens (tertiary/aromatic N) is 3. The standard InChI is InChI=1S/C12H21N3O2/c1-3-7-15-11(13-9-14-15)8-10(16)12(17-2)5-4-6-12/h9-10,16H,3-8H2,1-2H3. The van der Waals surface area contributed by atoms with Gasteiger partial charge in [0.2, 0.25) is 0 Å². The zero-order valence-corrected chi connectivity index (χ0v) is 10.6. The lowest BCUT2D eigenvalue weighted by molar-refractivity contribution is -0.149. The maximum atomic E-state index is 10.3. The number of methoxy groups -OCH3 is 1. The molecule has 1 unspecified atom stereocenters. The minimum atomic E-state index is -0.485. The van der Waals surface area contributed by atoms with Crippen LogP contribution in [0.5, 0.6) is 0 Å². The Kier molecular flexibility index (Phi) is 3.79. The van der Waals surface area contributed by atoms with Crippen LogP contribution in [0.15, 0.2) is 6.33 Å². The molecule has 1 aliphatic carbocycles. The van der Waals surface area contributed by atoms with Crippen LogP contribution in [-0.2, 0) is 17.7 Å². The molecule has 1 atom stereocenters. The summed E-state index contributed by atoms with van der Waals surface area (Å²) in [7, 11) is 1.68. The van der Waals surface area contributed by atoms with Crippen LogP contribution in [-0.4, -0.2) is 38.7 Å². The van der Waals surface area contributed by atoms with Gasteiger partial charge in [0.1, 0.15) is 12.2 Å². The van der Waals surface area contributed by atoms with E-state index in [1.807, 2.05) is 4.68 Å². The molecule has 0 radical (unpaired) electrons. The average molecular weight is 239 g/mol. The summed E-state index contributed by atoms with van der Waals surface area (Å²) in [5, 5.41) is 14.4. The van der Waals surface area contributed by atoms with Gasteiger partial charge in [-0.05, 0) is 25.7 Å². The van der Waals surface area contributed by atoms with Crippen molar-refractivity contribution in [1.29, 1.82) is 0 Å². The number of aliphatic hydroxyl groups excluding tert-OH is 1. The van der Waals surface area contributed by atoms with E-state index in [9.17, 15) is 5.11 Å². The van der Waals surface area contributed by atoms with Crippen LogP contribution >= 0.6 is 0 Å². The van der Waals surface area contributed by atoms with Gasteiger partial charge in [0.05, 0.1) is 11.7 Å². The molecule has 96 valence electrons. The predicted octanol–water partition coefficient (Wildman–Crippen LogP) is 1.16. The largest absolute Gasteiger partial charge is 0.390 e. The van der Waals surface area contributed by atoms with Gasteiger partial charge < -0.3 is 9.84 Å². The molecule has 0 amide bonds. The van der Waals surface area contributed by atoms with Crippen molar-refractivity contribution in [1.82, 2.24) is 14.8 Å². The van der Waals surface area contributed by atoms with Gasteiger partial charge in [-0.15, -0.1) is 0 Å². The minimum Gasteiger partial charge on any atom is -0.390 e. The first-order valence-electron chi connectivity index (χ1n) is 6.32. The highest BCUT2D eigenvalue weighted by atomic mass is 16.5. The van der Waals surface area contributed by atoms with E-state index in [1.54, 1.807) is 13.4 Å². The summed E-state index contributed by atoms with van der Waals surface area (Å²) in [5.74, 6) is 0.850. The van der Waals surface area contributed by atoms with E-state index >= 15 is 0 Å². The molecule has 0 spiro atoms. The first-order chi connectivity index (χ1) is 8.22. The van der Waals surface area contributed by atoms with E-state index < -0.39 is 6.10 Å². The molecule has 0 saturated heterocycles. The SMILES string of the molecule is CCCn1ncnc1CC(O)C1(OC)CCC1. The summed E-state index contributed by atoms with van der Waals surface area (Å²) in [6, 6.07) is 0. The lowest BCUT2D eigenvalue weighted by Crippen LogP contribution is -2.51. The normalized spacial score (nSPS) is 19.9. The molecule has 5 nitrogen and oxygen atoms in total. The highest BCUT2D eigenvalue weighted by Crippen LogP contribution is 2.38. The molecule has 17 heavy (non-hydrogen) atoms. The van der Waals surface area contributed by atoms with E-state index in [1.165, 1.54) is 0 Å². The molecule has 1 N–H and O–H groups in total. The first kappa shape index (κ1) is 12.5. The average Bonchev–Trinajstić information content (AvgIpc) is 2.66. The topological polar surface area (TPSA) is 60.2 Å². The molecule has 1 heterocycles. The second-order valence-corrected chi connectivity index (χ2v) is 4.74. The Morgan fingerprint density at radius 1 is 1.59 bits per heavy atom. The van der Waals surface area contributed by atoms with Crippen molar-refractivity contribution in [2.45, 2.75) is 57.3 Å². The van der Waals surface area contributed by atoms with Crippen LogP contribution in [0, 0.1) is 0 Å². The highest BCUT2D eigenvalue weighted by Gasteiger charge is 2.44.